The van der Waals surface area contributed by atoms with Gasteiger partial charge in [-0.15, -0.1) is 0 Å². The first kappa shape index (κ1) is 24.2. The Morgan fingerprint density at radius 3 is 2.08 bits per heavy atom. The predicted octanol–water partition coefficient (Wildman–Crippen LogP) is 4.25. The van der Waals surface area contributed by atoms with Crippen molar-refractivity contribution < 1.29 is 14.3 Å². The third kappa shape index (κ3) is 5.58. The van der Waals surface area contributed by atoms with Crippen LogP contribution < -0.4 is 21.9 Å². The number of carbonyl (C=O) groups excluding carboxylic acids is 2. The Hall–Kier alpha value is -4.92. The van der Waals surface area contributed by atoms with Crippen molar-refractivity contribution in [3.05, 3.63) is 108 Å². The summed E-state index contributed by atoms with van der Waals surface area (Å²) in [7, 11) is 0. The zero-order valence-electron chi connectivity index (χ0n) is 19.6. The Morgan fingerprint density at radius 1 is 0.861 bits per heavy atom. The number of esters is 1. The van der Waals surface area contributed by atoms with Gasteiger partial charge < -0.3 is 15.8 Å². The maximum absolute atomic E-state index is 13.3. The summed E-state index contributed by atoms with van der Waals surface area (Å²) in [6, 6.07) is 25.8. The van der Waals surface area contributed by atoms with Crippen molar-refractivity contribution >= 4 is 34.9 Å². The topological polar surface area (TPSA) is 131 Å². The van der Waals surface area contributed by atoms with E-state index in [1.165, 1.54) is 6.33 Å². The molecule has 0 aliphatic heterocycles. The van der Waals surface area contributed by atoms with E-state index in [4.69, 9.17) is 10.5 Å². The molecule has 0 saturated heterocycles. The van der Waals surface area contributed by atoms with E-state index in [0.29, 0.717) is 11.3 Å². The monoisotopic (exact) mass is 482 g/mol. The van der Waals surface area contributed by atoms with Crippen molar-refractivity contribution in [1.82, 2.24) is 15.4 Å². The highest BCUT2D eigenvalue weighted by molar-refractivity contribution is 5.97. The predicted molar refractivity (Wildman–Crippen MR) is 139 cm³/mol. The summed E-state index contributed by atoms with van der Waals surface area (Å²) < 4.78 is 5.12. The summed E-state index contributed by atoms with van der Waals surface area (Å²) >= 11 is 0. The molecule has 0 aliphatic carbocycles. The molecule has 9 heteroatoms. The smallest absolute Gasteiger partial charge is 0.340 e. The lowest BCUT2D eigenvalue weighted by Crippen LogP contribution is -2.35. The third-order valence-electron chi connectivity index (χ3n) is 5.39. The standard InChI is InChI=1S/C27H26N6O3/c1-2-36-27(35)20-15-9-10-16-21(20)31-24-23(28)25(30-17-29-24)32-33-26(34)22(18-11-5-3-6-12-18)19-13-7-4-8-14-19/h3-17,22H,2,28H2,1H3,(H,33,34)(H2,29,30,31,32). The number of amides is 1. The summed E-state index contributed by atoms with van der Waals surface area (Å²) in [4.78, 5) is 33.9. The van der Waals surface area contributed by atoms with Crippen molar-refractivity contribution in [3.63, 3.8) is 0 Å². The van der Waals surface area contributed by atoms with Crippen LogP contribution >= 0.6 is 0 Å². The molecule has 4 aromatic rings. The fourth-order valence-corrected chi connectivity index (χ4v) is 3.68. The maximum atomic E-state index is 13.3. The van der Waals surface area contributed by atoms with Crippen LogP contribution in [-0.4, -0.2) is 28.5 Å². The fourth-order valence-electron chi connectivity index (χ4n) is 3.68. The SMILES string of the molecule is CCOC(=O)c1ccccc1Nc1ncnc(NNC(=O)C(c2ccccc2)c2ccccc2)c1N. The average Bonchev–Trinajstić information content (AvgIpc) is 2.91. The van der Waals surface area contributed by atoms with E-state index in [2.05, 4.69) is 26.1 Å². The second kappa shape index (κ2) is 11.5. The van der Waals surface area contributed by atoms with Crippen LogP contribution in [0, 0.1) is 0 Å². The zero-order valence-corrected chi connectivity index (χ0v) is 19.6. The van der Waals surface area contributed by atoms with Gasteiger partial charge in [-0.1, -0.05) is 72.8 Å². The van der Waals surface area contributed by atoms with Crippen LogP contribution in [0.1, 0.15) is 34.3 Å². The molecule has 0 unspecified atom stereocenters. The number of carbonyl (C=O) groups is 2. The van der Waals surface area contributed by atoms with Crippen molar-refractivity contribution in [2.24, 2.45) is 0 Å². The number of nitrogens with zero attached hydrogens (tertiary/aromatic N) is 2. The number of benzene rings is 3. The van der Waals surface area contributed by atoms with E-state index < -0.39 is 11.9 Å². The lowest BCUT2D eigenvalue weighted by atomic mass is 9.91. The van der Waals surface area contributed by atoms with Gasteiger partial charge >= 0.3 is 5.97 Å². The molecule has 1 amide bonds. The van der Waals surface area contributed by atoms with Crippen molar-refractivity contribution in [1.29, 1.82) is 0 Å². The molecule has 5 N–H and O–H groups in total. The molecule has 0 aliphatic rings. The van der Waals surface area contributed by atoms with Crippen LogP contribution in [0.25, 0.3) is 0 Å². The van der Waals surface area contributed by atoms with Gasteiger partial charge in [0.1, 0.15) is 12.0 Å². The second-order valence-corrected chi connectivity index (χ2v) is 7.74. The van der Waals surface area contributed by atoms with Crippen LogP contribution in [0.4, 0.5) is 23.0 Å². The van der Waals surface area contributed by atoms with Gasteiger partial charge in [0.2, 0.25) is 5.91 Å². The molecule has 3 aromatic carbocycles. The summed E-state index contributed by atoms with van der Waals surface area (Å²) in [6.45, 7) is 1.99. The normalized spacial score (nSPS) is 10.5. The van der Waals surface area contributed by atoms with Crippen molar-refractivity contribution in [3.8, 4) is 0 Å². The van der Waals surface area contributed by atoms with Gasteiger partial charge in [-0.25, -0.2) is 14.8 Å². The highest BCUT2D eigenvalue weighted by Crippen LogP contribution is 2.28. The third-order valence-corrected chi connectivity index (χ3v) is 5.39. The average molecular weight is 483 g/mol. The van der Waals surface area contributed by atoms with E-state index in [9.17, 15) is 9.59 Å². The Labute approximate surface area is 208 Å². The first-order valence-corrected chi connectivity index (χ1v) is 11.4. The molecular weight excluding hydrogens is 456 g/mol. The summed E-state index contributed by atoms with van der Waals surface area (Å²) in [5.74, 6) is -0.827. The lowest BCUT2D eigenvalue weighted by Gasteiger charge is -2.19. The van der Waals surface area contributed by atoms with E-state index in [-0.39, 0.29) is 29.8 Å². The Kier molecular flexibility index (Phi) is 7.72. The first-order chi connectivity index (χ1) is 17.6. The van der Waals surface area contributed by atoms with Gasteiger partial charge in [0.25, 0.3) is 0 Å². The quantitative estimate of drug-likeness (QED) is 0.206. The second-order valence-electron chi connectivity index (χ2n) is 7.74. The number of para-hydroxylation sites is 1. The molecule has 1 heterocycles. The molecule has 36 heavy (non-hydrogen) atoms. The summed E-state index contributed by atoms with van der Waals surface area (Å²) in [5, 5.41) is 3.05. The van der Waals surface area contributed by atoms with Crippen LogP contribution in [0.5, 0.6) is 0 Å². The highest BCUT2D eigenvalue weighted by atomic mass is 16.5. The van der Waals surface area contributed by atoms with Crippen LogP contribution in [0.15, 0.2) is 91.3 Å². The van der Waals surface area contributed by atoms with Crippen LogP contribution in [0.2, 0.25) is 0 Å². The molecule has 0 atom stereocenters. The lowest BCUT2D eigenvalue weighted by molar-refractivity contribution is -0.121. The molecule has 0 spiro atoms. The van der Waals surface area contributed by atoms with Crippen LogP contribution in [-0.2, 0) is 9.53 Å². The summed E-state index contributed by atoms with van der Waals surface area (Å²) in [6.07, 6.45) is 1.30. The number of nitrogens with one attached hydrogen (secondary N) is 3. The van der Waals surface area contributed by atoms with Gasteiger partial charge in [-0.3, -0.25) is 15.6 Å². The highest BCUT2D eigenvalue weighted by Gasteiger charge is 2.23. The minimum Gasteiger partial charge on any atom is -0.462 e. The van der Waals surface area contributed by atoms with Crippen molar-refractivity contribution in [2.45, 2.75) is 12.8 Å². The molecular formula is C27H26N6O3. The number of nitrogen functional groups attached to an aromatic ring is 1. The molecule has 182 valence electrons. The minimum absolute atomic E-state index is 0.160. The van der Waals surface area contributed by atoms with Gasteiger partial charge in [-0.05, 0) is 30.2 Å². The Morgan fingerprint density at radius 2 is 1.44 bits per heavy atom. The number of anilines is 4. The van der Waals surface area contributed by atoms with E-state index in [0.717, 1.165) is 11.1 Å². The number of ether oxygens (including phenoxy) is 1. The Balaban J connectivity index is 1.53. The molecule has 1 aromatic heterocycles. The van der Waals surface area contributed by atoms with Gasteiger partial charge in [0.15, 0.2) is 11.6 Å². The van der Waals surface area contributed by atoms with Crippen LogP contribution in [0.3, 0.4) is 0 Å². The molecule has 0 fully saturated rings. The maximum Gasteiger partial charge on any atom is 0.340 e. The van der Waals surface area contributed by atoms with E-state index in [1.807, 2.05) is 60.7 Å². The van der Waals surface area contributed by atoms with Crippen molar-refractivity contribution in [2.75, 3.05) is 23.1 Å². The number of hydrogen-bond donors (Lipinski definition) is 4. The summed E-state index contributed by atoms with van der Waals surface area (Å²) in [5.41, 5.74) is 14.5. The number of rotatable bonds is 9. The Bertz CT molecular complexity index is 1290. The molecule has 9 nitrogen and oxygen atoms in total. The van der Waals surface area contributed by atoms with Gasteiger partial charge in [-0.2, -0.15) is 0 Å². The van der Waals surface area contributed by atoms with Gasteiger partial charge in [0.05, 0.1) is 23.8 Å². The molecule has 0 saturated carbocycles. The number of aromatic nitrogens is 2. The molecule has 0 radical (unpaired) electrons. The molecule has 0 bridgehead atoms. The largest absolute Gasteiger partial charge is 0.462 e. The van der Waals surface area contributed by atoms with E-state index >= 15 is 0 Å². The number of hydrogen-bond acceptors (Lipinski definition) is 8. The van der Waals surface area contributed by atoms with Gasteiger partial charge in [0, 0.05) is 0 Å². The zero-order chi connectivity index (χ0) is 25.3. The number of nitrogens with two attached hydrogens (primary N) is 1. The first-order valence-electron chi connectivity index (χ1n) is 11.4. The van der Waals surface area contributed by atoms with E-state index in [1.54, 1.807) is 31.2 Å². The fraction of sp³-hybridized carbons (Fsp3) is 0.111. The number of hydrazine groups is 1. The minimum atomic E-state index is -0.544. The molecule has 4 rings (SSSR count).